The summed E-state index contributed by atoms with van der Waals surface area (Å²) in [4.78, 5) is 18.5. The minimum absolute atomic E-state index is 0.00139. The standard InChI is InChI=1S/C23H21F5N4O3/c1-32(23(33)30-11-2-3-15(24)14(6-11)21(27)28)19-10-34-9-18-20(19)12-7-16(25)17(26)8-13(12)22(31-18)35-5-4-29/h2-3,6-8,19,21H,4-5,9-10,29H2,1H3,(H,30,33)/t19-/m0/s1. The molecule has 1 aliphatic heterocycles. The van der Waals surface area contributed by atoms with Crippen LogP contribution in [0.25, 0.3) is 10.8 Å². The number of hydrogen-bond donors (Lipinski definition) is 2. The maximum absolute atomic E-state index is 14.2. The number of urea groups is 1. The number of rotatable bonds is 6. The summed E-state index contributed by atoms with van der Waals surface area (Å²) in [6.07, 6.45) is -3.06. The van der Waals surface area contributed by atoms with Crippen molar-refractivity contribution in [2.75, 3.05) is 32.1 Å². The molecule has 4 rings (SSSR count). The zero-order valence-electron chi connectivity index (χ0n) is 18.5. The summed E-state index contributed by atoms with van der Waals surface area (Å²) >= 11 is 0. The maximum atomic E-state index is 14.2. The normalized spacial score (nSPS) is 15.3. The van der Waals surface area contributed by atoms with Crippen molar-refractivity contribution in [3.8, 4) is 5.88 Å². The predicted molar refractivity (Wildman–Crippen MR) is 117 cm³/mol. The minimum Gasteiger partial charge on any atom is -0.476 e. The first-order valence-corrected chi connectivity index (χ1v) is 10.5. The third kappa shape index (κ3) is 4.84. The van der Waals surface area contributed by atoms with Crippen LogP contribution in [0.15, 0.2) is 30.3 Å². The van der Waals surface area contributed by atoms with Crippen LogP contribution in [0.3, 0.4) is 0 Å². The molecule has 3 N–H and O–H groups in total. The van der Waals surface area contributed by atoms with Crippen molar-refractivity contribution in [3.63, 3.8) is 0 Å². The monoisotopic (exact) mass is 496 g/mol. The molecule has 7 nitrogen and oxygen atoms in total. The summed E-state index contributed by atoms with van der Waals surface area (Å²) in [5, 5.41) is 2.90. The molecule has 35 heavy (non-hydrogen) atoms. The van der Waals surface area contributed by atoms with Gasteiger partial charge in [-0.05, 0) is 35.7 Å². The summed E-state index contributed by atoms with van der Waals surface area (Å²) in [5.41, 5.74) is 5.36. The number of carbonyl (C=O) groups excluding carboxylic acids is 1. The van der Waals surface area contributed by atoms with E-state index < -0.39 is 41.5 Å². The molecule has 0 fully saturated rings. The SMILES string of the molecule is CN(C(=O)Nc1ccc(F)c(C(F)F)c1)[C@H]1COCc2nc(OCCN)c3cc(F)c(F)cc3c21. The van der Waals surface area contributed by atoms with Crippen molar-refractivity contribution in [2.24, 2.45) is 5.73 Å². The predicted octanol–water partition coefficient (Wildman–Crippen LogP) is 4.66. The zero-order chi connectivity index (χ0) is 25.3. The molecular weight excluding hydrogens is 475 g/mol. The van der Waals surface area contributed by atoms with Crippen LogP contribution < -0.4 is 15.8 Å². The van der Waals surface area contributed by atoms with Gasteiger partial charge in [0.15, 0.2) is 11.6 Å². The first kappa shape index (κ1) is 24.6. The number of hydrogen-bond acceptors (Lipinski definition) is 5. The Bertz CT molecular complexity index is 1270. The molecule has 1 aromatic heterocycles. The fourth-order valence-corrected chi connectivity index (χ4v) is 3.89. The molecule has 2 heterocycles. The van der Waals surface area contributed by atoms with Crippen molar-refractivity contribution >= 4 is 22.5 Å². The first-order chi connectivity index (χ1) is 16.7. The maximum Gasteiger partial charge on any atom is 0.322 e. The molecule has 1 aliphatic rings. The molecule has 0 aliphatic carbocycles. The highest BCUT2D eigenvalue weighted by Gasteiger charge is 2.32. The molecule has 0 saturated carbocycles. The van der Waals surface area contributed by atoms with Gasteiger partial charge in [-0.3, -0.25) is 0 Å². The van der Waals surface area contributed by atoms with E-state index in [0.29, 0.717) is 11.3 Å². The van der Waals surface area contributed by atoms with Gasteiger partial charge in [0.2, 0.25) is 5.88 Å². The van der Waals surface area contributed by atoms with E-state index in [0.717, 1.165) is 30.3 Å². The summed E-state index contributed by atoms with van der Waals surface area (Å²) in [6.45, 7) is 0.291. The molecule has 3 aromatic rings. The molecule has 1 atom stereocenters. The highest BCUT2D eigenvalue weighted by molar-refractivity contribution is 5.93. The lowest BCUT2D eigenvalue weighted by atomic mass is 9.95. The van der Waals surface area contributed by atoms with Gasteiger partial charge in [0.25, 0.3) is 6.43 Å². The Balaban J connectivity index is 1.71. The van der Waals surface area contributed by atoms with Crippen molar-refractivity contribution in [2.45, 2.75) is 19.1 Å². The Morgan fingerprint density at radius 1 is 1.20 bits per heavy atom. The van der Waals surface area contributed by atoms with Gasteiger partial charge in [-0.1, -0.05) is 0 Å². The largest absolute Gasteiger partial charge is 0.476 e. The summed E-state index contributed by atoms with van der Waals surface area (Å²) in [5.74, 6) is -3.25. The van der Waals surface area contributed by atoms with Crippen LogP contribution in [0.4, 0.5) is 32.4 Å². The number of likely N-dealkylation sites (N-methyl/N-ethyl adjacent to an activating group) is 1. The Morgan fingerprint density at radius 3 is 2.60 bits per heavy atom. The summed E-state index contributed by atoms with van der Waals surface area (Å²) in [6, 6.07) is 3.25. The number of anilines is 1. The number of aromatic nitrogens is 1. The van der Waals surface area contributed by atoms with Crippen LogP contribution in [0, 0.1) is 17.5 Å². The van der Waals surface area contributed by atoms with Gasteiger partial charge in [0.1, 0.15) is 12.4 Å². The average Bonchev–Trinajstić information content (AvgIpc) is 2.83. The van der Waals surface area contributed by atoms with Crippen molar-refractivity contribution < 1.29 is 36.2 Å². The van der Waals surface area contributed by atoms with E-state index in [1.165, 1.54) is 11.9 Å². The Hall–Kier alpha value is -3.51. The molecule has 186 valence electrons. The van der Waals surface area contributed by atoms with E-state index in [4.69, 9.17) is 15.2 Å². The van der Waals surface area contributed by atoms with Crippen LogP contribution in [0.5, 0.6) is 5.88 Å². The lowest BCUT2D eigenvalue weighted by molar-refractivity contribution is 0.0524. The van der Waals surface area contributed by atoms with Gasteiger partial charge in [0, 0.05) is 30.2 Å². The highest BCUT2D eigenvalue weighted by atomic mass is 19.3. The third-order valence-corrected chi connectivity index (χ3v) is 5.60. The number of nitrogens with zero attached hydrogens (tertiary/aromatic N) is 2. The first-order valence-electron chi connectivity index (χ1n) is 10.5. The van der Waals surface area contributed by atoms with Crippen molar-refractivity contribution in [1.29, 1.82) is 0 Å². The number of fused-ring (bicyclic) bond motifs is 3. The van der Waals surface area contributed by atoms with Crippen LogP contribution >= 0.6 is 0 Å². The molecule has 2 aromatic carbocycles. The molecule has 0 radical (unpaired) electrons. The second-order valence-electron chi connectivity index (χ2n) is 7.84. The van der Waals surface area contributed by atoms with E-state index in [-0.39, 0.29) is 48.7 Å². The smallest absolute Gasteiger partial charge is 0.322 e. The fraction of sp³-hybridized carbons (Fsp3) is 0.304. The Kier molecular flexibility index (Phi) is 7.03. The van der Waals surface area contributed by atoms with Crippen molar-refractivity contribution in [3.05, 3.63) is 64.6 Å². The number of nitrogens with one attached hydrogen (secondary N) is 1. The topological polar surface area (TPSA) is 89.7 Å². The van der Waals surface area contributed by atoms with Gasteiger partial charge < -0.3 is 25.4 Å². The zero-order valence-corrected chi connectivity index (χ0v) is 18.5. The van der Waals surface area contributed by atoms with E-state index in [1.54, 1.807) is 0 Å². The van der Waals surface area contributed by atoms with E-state index in [1.807, 2.05) is 0 Å². The number of ether oxygens (including phenoxy) is 2. The number of halogens is 5. The molecular formula is C23H21F5N4O3. The molecule has 0 saturated heterocycles. The molecule has 12 heteroatoms. The van der Waals surface area contributed by atoms with Gasteiger partial charge in [-0.15, -0.1) is 0 Å². The molecule has 2 amide bonds. The second-order valence-corrected chi connectivity index (χ2v) is 7.84. The molecule has 0 spiro atoms. The van der Waals surface area contributed by atoms with Gasteiger partial charge in [0.05, 0.1) is 30.5 Å². The van der Waals surface area contributed by atoms with Crippen molar-refractivity contribution in [1.82, 2.24) is 9.88 Å². The fourth-order valence-electron chi connectivity index (χ4n) is 3.89. The lowest BCUT2D eigenvalue weighted by Crippen LogP contribution is -2.39. The Morgan fingerprint density at radius 2 is 1.91 bits per heavy atom. The van der Waals surface area contributed by atoms with Crippen LogP contribution in [-0.4, -0.2) is 42.7 Å². The number of nitrogens with two attached hydrogens (primary N) is 1. The number of benzene rings is 2. The van der Waals surface area contributed by atoms with Crippen LogP contribution in [-0.2, 0) is 11.3 Å². The molecule has 0 bridgehead atoms. The van der Waals surface area contributed by atoms with E-state index >= 15 is 0 Å². The van der Waals surface area contributed by atoms with Crippen LogP contribution in [0.2, 0.25) is 0 Å². The second kappa shape index (κ2) is 10.0. The number of amides is 2. The van der Waals surface area contributed by atoms with E-state index in [9.17, 15) is 26.7 Å². The van der Waals surface area contributed by atoms with E-state index in [2.05, 4.69) is 10.3 Å². The third-order valence-electron chi connectivity index (χ3n) is 5.60. The Labute approximate surface area is 196 Å². The molecule has 0 unspecified atom stereocenters. The number of carbonyl (C=O) groups is 1. The number of alkyl halides is 2. The van der Waals surface area contributed by atoms with Crippen LogP contribution in [0.1, 0.15) is 29.3 Å². The van der Waals surface area contributed by atoms with Gasteiger partial charge >= 0.3 is 6.03 Å². The highest BCUT2D eigenvalue weighted by Crippen LogP contribution is 2.39. The summed E-state index contributed by atoms with van der Waals surface area (Å²) in [7, 11) is 1.42. The average molecular weight is 496 g/mol. The quantitative estimate of drug-likeness (QED) is 0.485. The lowest BCUT2D eigenvalue weighted by Gasteiger charge is -2.34. The number of pyridine rings is 1. The van der Waals surface area contributed by atoms with Gasteiger partial charge in [-0.25, -0.2) is 31.7 Å². The minimum atomic E-state index is -3.06. The summed E-state index contributed by atoms with van der Waals surface area (Å²) < 4.78 is 79.0. The van der Waals surface area contributed by atoms with Gasteiger partial charge in [-0.2, -0.15) is 0 Å².